The van der Waals surface area contributed by atoms with Crippen molar-refractivity contribution in [2.45, 2.75) is 12.5 Å². The van der Waals surface area contributed by atoms with Crippen LogP contribution in [0.5, 0.6) is 0 Å². The zero-order chi connectivity index (χ0) is 10.1. The maximum Gasteiger partial charge on any atom is 0.108 e. The molecule has 0 aromatic carbocycles. The van der Waals surface area contributed by atoms with Gasteiger partial charge in [0.25, 0.3) is 0 Å². The molecule has 1 aliphatic rings. The minimum atomic E-state index is -0.0346. The molecule has 14 heavy (non-hydrogen) atoms. The molecule has 1 aromatic rings. The number of nitrogens with zero attached hydrogens (tertiary/aromatic N) is 1. The van der Waals surface area contributed by atoms with Crippen molar-refractivity contribution in [1.82, 2.24) is 0 Å². The number of ether oxygens (including phenoxy) is 1. The topological polar surface area (TPSA) is 33.0 Å². The number of rotatable bonds is 1. The molecular formula is C9H7Br2NOS. The van der Waals surface area contributed by atoms with Crippen molar-refractivity contribution in [3.63, 3.8) is 0 Å². The number of thiophene rings is 1. The van der Waals surface area contributed by atoms with E-state index < -0.39 is 0 Å². The van der Waals surface area contributed by atoms with Crippen LogP contribution in [0.2, 0.25) is 0 Å². The molecule has 2 nitrogen and oxygen atoms in total. The Labute approximate surface area is 103 Å². The van der Waals surface area contributed by atoms with Crippen LogP contribution in [0.3, 0.4) is 0 Å². The smallest absolute Gasteiger partial charge is 0.108 e. The van der Waals surface area contributed by atoms with Gasteiger partial charge in [-0.25, -0.2) is 0 Å². The van der Waals surface area contributed by atoms with Gasteiger partial charge < -0.3 is 4.74 Å². The van der Waals surface area contributed by atoms with Gasteiger partial charge in [0.15, 0.2) is 0 Å². The highest BCUT2D eigenvalue weighted by atomic mass is 79.9. The number of halogens is 2. The van der Waals surface area contributed by atoms with Crippen LogP contribution in [0.15, 0.2) is 14.3 Å². The number of nitriles is 1. The maximum atomic E-state index is 8.93. The van der Waals surface area contributed by atoms with Crippen LogP contribution in [0.4, 0.5) is 0 Å². The summed E-state index contributed by atoms with van der Waals surface area (Å²) in [6.45, 7) is 0.691. The highest BCUT2D eigenvalue weighted by Gasteiger charge is 2.31. The minimum Gasteiger partial charge on any atom is -0.371 e. The fraction of sp³-hybridized carbons (Fsp3) is 0.444. The molecule has 0 bridgehead atoms. The van der Waals surface area contributed by atoms with Crippen molar-refractivity contribution in [3.05, 3.63) is 19.2 Å². The van der Waals surface area contributed by atoms with E-state index in [0.717, 1.165) is 19.6 Å². The maximum absolute atomic E-state index is 8.93. The summed E-state index contributed by atoms with van der Waals surface area (Å²) in [5, 5.41) is 8.93. The lowest BCUT2D eigenvalue weighted by Gasteiger charge is -2.09. The average molecular weight is 337 g/mol. The highest BCUT2D eigenvalue weighted by Crippen LogP contribution is 2.42. The molecule has 1 fully saturated rings. The van der Waals surface area contributed by atoms with Gasteiger partial charge in [-0.1, -0.05) is 0 Å². The quantitative estimate of drug-likeness (QED) is 0.779. The van der Waals surface area contributed by atoms with E-state index in [-0.39, 0.29) is 12.0 Å². The molecule has 1 aromatic heterocycles. The van der Waals surface area contributed by atoms with E-state index in [9.17, 15) is 0 Å². The van der Waals surface area contributed by atoms with Gasteiger partial charge in [-0.2, -0.15) is 5.26 Å². The largest absolute Gasteiger partial charge is 0.371 e. The standard InChI is InChI=1S/C9H7Br2NOS/c10-6-3-7(14-9(6)11)8-5(4-12)1-2-13-8/h3,5,8H,1-2H2. The first-order valence-electron chi connectivity index (χ1n) is 4.18. The van der Waals surface area contributed by atoms with Crippen molar-refractivity contribution >= 4 is 43.2 Å². The van der Waals surface area contributed by atoms with Crippen molar-refractivity contribution in [3.8, 4) is 6.07 Å². The molecule has 0 amide bonds. The summed E-state index contributed by atoms with van der Waals surface area (Å²) in [6, 6.07) is 4.32. The van der Waals surface area contributed by atoms with Gasteiger partial charge >= 0.3 is 0 Å². The van der Waals surface area contributed by atoms with Gasteiger partial charge in [0.1, 0.15) is 6.10 Å². The zero-order valence-corrected chi connectivity index (χ0v) is 11.2. The van der Waals surface area contributed by atoms with Crippen molar-refractivity contribution in [2.75, 3.05) is 6.61 Å². The molecule has 2 heterocycles. The first kappa shape index (κ1) is 10.6. The van der Waals surface area contributed by atoms with E-state index in [4.69, 9.17) is 10.00 Å². The van der Waals surface area contributed by atoms with Gasteiger partial charge in [0, 0.05) is 16.0 Å². The van der Waals surface area contributed by atoms with E-state index in [2.05, 4.69) is 37.9 Å². The zero-order valence-electron chi connectivity index (χ0n) is 7.17. The summed E-state index contributed by atoms with van der Waals surface area (Å²) in [7, 11) is 0. The average Bonchev–Trinajstić information content (AvgIpc) is 2.73. The van der Waals surface area contributed by atoms with E-state index in [1.807, 2.05) is 6.07 Å². The fourth-order valence-corrected chi connectivity index (χ4v) is 3.71. The van der Waals surface area contributed by atoms with Gasteiger partial charge in [-0.3, -0.25) is 0 Å². The number of hydrogen-bond donors (Lipinski definition) is 0. The molecule has 5 heteroatoms. The Hall–Kier alpha value is 0.110. The second-order valence-electron chi connectivity index (χ2n) is 3.09. The molecule has 2 rings (SSSR count). The van der Waals surface area contributed by atoms with Gasteiger partial charge in [-0.15, -0.1) is 11.3 Å². The first-order chi connectivity index (χ1) is 6.72. The Morgan fingerprint density at radius 2 is 2.36 bits per heavy atom. The van der Waals surface area contributed by atoms with E-state index in [1.54, 1.807) is 11.3 Å². The van der Waals surface area contributed by atoms with E-state index in [0.29, 0.717) is 6.61 Å². The van der Waals surface area contributed by atoms with Crippen molar-refractivity contribution < 1.29 is 4.74 Å². The van der Waals surface area contributed by atoms with Gasteiger partial charge in [0.2, 0.25) is 0 Å². The van der Waals surface area contributed by atoms with E-state index in [1.165, 1.54) is 0 Å². The Morgan fingerprint density at radius 3 is 2.93 bits per heavy atom. The van der Waals surface area contributed by atoms with Gasteiger partial charge in [0.05, 0.1) is 15.8 Å². The summed E-state index contributed by atoms with van der Waals surface area (Å²) >= 11 is 8.49. The molecule has 2 atom stereocenters. The SMILES string of the molecule is N#CC1CCOC1c1cc(Br)c(Br)s1. The number of hydrogen-bond acceptors (Lipinski definition) is 3. The minimum absolute atomic E-state index is 0.00690. The van der Waals surface area contributed by atoms with E-state index >= 15 is 0 Å². The summed E-state index contributed by atoms with van der Waals surface area (Å²) in [4.78, 5) is 1.12. The summed E-state index contributed by atoms with van der Waals surface area (Å²) < 4.78 is 7.64. The predicted molar refractivity (Wildman–Crippen MR) is 62.1 cm³/mol. The molecule has 1 aliphatic heterocycles. The van der Waals surface area contributed by atoms with Crippen LogP contribution in [0, 0.1) is 17.2 Å². The molecule has 0 saturated carbocycles. The second-order valence-corrected chi connectivity index (χ2v) is 6.34. The second kappa shape index (κ2) is 4.31. The van der Waals surface area contributed by atoms with Crippen LogP contribution in [0.25, 0.3) is 0 Å². The molecular weight excluding hydrogens is 330 g/mol. The van der Waals surface area contributed by atoms with Crippen molar-refractivity contribution in [2.24, 2.45) is 5.92 Å². The highest BCUT2D eigenvalue weighted by molar-refractivity contribution is 9.13. The van der Waals surface area contributed by atoms with Crippen LogP contribution >= 0.6 is 43.2 Å². The van der Waals surface area contributed by atoms with Crippen LogP contribution in [-0.2, 0) is 4.74 Å². The molecule has 0 spiro atoms. The van der Waals surface area contributed by atoms with Crippen molar-refractivity contribution in [1.29, 1.82) is 5.26 Å². The lowest BCUT2D eigenvalue weighted by atomic mass is 10.0. The fourth-order valence-electron chi connectivity index (χ4n) is 1.51. The molecule has 0 N–H and O–H groups in total. The Morgan fingerprint density at radius 1 is 1.57 bits per heavy atom. The van der Waals surface area contributed by atoms with Crippen LogP contribution < -0.4 is 0 Å². The monoisotopic (exact) mass is 335 g/mol. The third kappa shape index (κ3) is 1.89. The Bertz CT molecular complexity index is 365. The summed E-state index contributed by atoms with van der Waals surface area (Å²) in [5.41, 5.74) is 0. The summed E-state index contributed by atoms with van der Waals surface area (Å²) in [6.07, 6.45) is 0.807. The normalized spacial score (nSPS) is 26.4. The molecule has 0 aliphatic carbocycles. The molecule has 1 saturated heterocycles. The molecule has 74 valence electrons. The Kier molecular flexibility index (Phi) is 3.27. The van der Waals surface area contributed by atoms with Crippen LogP contribution in [0.1, 0.15) is 17.4 Å². The lowest BCUT2D eigenvalue weighted by molar-refractivity contribution is 0.103. The molecule has 0 radical (unpaired) electrons. The Balaban J connectivity index is 2.27. The third-order valence-electron chi connectivity index (χ3n) is 2.20. The molecule has 2 unspecified atom stereocenters. The first-order valence-corrected chi connectivity index (χ1v) is 6.58. The third-order valence-corrected chi connectivity index (χ3v) is 5.52. The summed E-state index contributed by atoms with van der Waals surface area (Å²) in [5.74, 6) is 0.00690. The lowest BCUT2D eigenvalue weighted by Crippen LogP contribution is -2.02. The van der Waals surface area contributed by atoms with Crippen LogP contribution in [-0.4, -0.2) is 6.61 Å². The van der Waals surface area contributed by atoms with Gasteiger partial charge in [-0.05, 0) is 44.3 Å². The predicted octanol–water partition coefficient (Wildman–Crippen LogP) is 3.87.